The molecule has 0 bridgehead atoms. The van der Waals surface area contributed by atoms with Crippen molar-refractivity contribution in [2.75, 3.05) is 9.80 Å². The van der Waals surface area contributed by atoms with Crippen LogP contribution in [0.3, 0.4) is 0 Å². The van der Waals surface area contributed by atoms with Crippen molar-refractivity contribution in [2.24, 2.45) is 0 Å². The minimum atomic E-state index is 0.0673. The first kappa shape index (κ1) is 44.0. The molecule has 0 N–H and O–H groups in total. The topological polar surface area (TPSA) is 6.48 Å². The van der Waals surface area contributed by atoms with Crippen LogP contribution in [-0.2, 0) is 36.5 Å². The highest BCUT2D eigenvalue weighted by Gasteiger charge is 2.38. The van der Waals surface area contributed by atoms with E-state index in [0.717, 1.165) is 66.3 Å². The summed E-state index contributed by atoms with van der Waals surface area (Å²) in [4.78, 5) is 4.93. The number of benzene rings is 5. The Bertz CT molecular complexity index is 2300. The van der Waals surface area contributed by atoms with E-state index in [1.54, 1.807) is 0 Å². The van der Waals surface area contributed by atoms with E-state index in [2.05, 4.69) is 168 Å². The molecule has 0 radical (unpaired) electrons. The normalized spacial score (nSPS) is 14.3. The zero-order chi connectivity index (χ0) is 42.4. The Hall–Kier alpha value is -4.05. The fraction of sp³-hybridized carbons (Fsp3) is 0.429. The SMILES string of the molecule is CCCCc1ccc(N(c2ccc(CCCC)cc2)c2cc(CCCC)cc(N(c3ccc4c(c3)C(C)(C)CCC4(C)C)c3csc4ccc(CCCC)cc34)c2Cl)cc1. The highest BCUT2D eigenvalue weighted by atomic mass is 35.5. The quantitative estimate of drug-likeness (QED) is 0.0851. The lowest BCUT2D eigenvalue weighted by molar-refractivity contribution is 0.332. The van der Waals surface area contributed by atoms with Crippen molar-refractivity contribution in [2.45, 2.75) is 156 Å². The summed E-state index contributed by atoms with van der Waals surface area (Å²) in [6, 6.07) is 37.7. The Balaban J connectivity index is 1.49. The van der Waals surface area contributed by atoms with Crippen LogP contribution in [0, 0.1) is 0 Å². The number of hydrogen-bond donors (Lipinski definition) is 0. The monoisotopic (exact) mass is 836 g/mol. The van der Waals surface area contributed by atoms with Crippen molar-refractivity contribution in [3.05, 3.63) is 141 Å². The number of fused-ring (bicyclic) bond motifs is 2. The van der Waals surface area contributed by atoms with Gasteiger partial charge in [0, 0.05) is 32.5 Å². The molecule has 0 unspecified atom stereocenters. The summed E-state index contributed by atoms with van der Waals surface area (Å²) >= 11 is 9.93. The fourth-order valence-corrected chi connectivity index (χ4v) is 10.4. The van der Waals surface area contributed by atoms with Crippen molar-refractivity contribution in [1.82, 2.24) is 0 Å². The van der Waals surface area contributed by atoms with E-state index in [1.807, 2.05) is 11.3 Å². The van der Waals surface area contributed by atoms with Crippen LogP contribution in [0.1, 0.15) is 153 Å². The summed E-state index contributed by atoms with van der Waals surface area (Å²) in [7, 11) is 0. The van der Waals surface area contributed by atoms with Crippen LogP contribution in [0.4, 0.5) is 34.1 Å². The van der Waals surface area contributed by atoms with E-state index in [0.29, 0.717) is 0 Å². The Morgan fingerprint density at radius 2 is 0.950 bits per heavy atom. The first-order valence-corrected chi connectivity index (χ1v) is 24.5. The van der Waals surface area contributed by atoms with Gasteiger partial charge in [-0.2, -0.15) is 0 Å². The maximum Gasteiger partial charge on any atom is 0.0887 e. The molecule has 1 aliphatic carbocycles. The lowest BCUT2D eigenvalue weighted by atomic mass is 9.63. The van der Waals surface area contributed by atoms with Crippen LogP contribution in [0.2, 0.25) is 5.02 Å². The average molecular weight is 838 g/mol. The van der Waals surface area contributed by atoms with Gasteiger partial charge in [-0.1, -0.05) is 129 Å². The molecule has 4 heteroatoms. The molecular formula is C56H69ClN2S. The third kappa shape index (κ3) is 9.54. The van der Waals surface area contributed by atoms with Crippen molar-refractivity contribution in [3.8, 4) is 0 Å². The van der Waals surface area contributed by atoms with Gasteiger partial charge in [-0.3, -0.25) is 0 Å². The fourth-order valence-electron chi connectivity index (χ4n) is 9.21. The van der Waals surface area contributed by atoms with Crippen molar-refractivity contribution in [3.63, 3.8) is 0 Å². The summed E-state index contributed by atoms with van der Waals surface area (Å²) in [6.45, 7) is 18.8. The molecule has 0 amide bonds. The standard InChI is InChI=1S/C56H69ClN2S/c1-9-13-17-40-21-26-44(27-22-40)58(45-28-23-41(24-29-45)18-14-10-2)50-36-43(20-16-12-4)37-51(54(50)57)59(52-39-60-53-32-25-42(19-15-11-3)35-47(52)53)46-30-31-48-49(38-46)56(7,8)34-33-55(48,5)6/h21-32,35-39H,9-20,33-34H2,1-8H3. The Morgan fingerprint density at radius 3 is 1.50 bits per heavy atom. The lowest BCUT2D eigenvalue weighted by Gasteiger charge is -2.42. The van der Waals surface area contributed by atoms with Crippen LogP contribution in [0.25, 0.3) is 10.1 Å². The highest BCUT2D eigenvalue weighted by Crippen LogP contribution is 2.52. The lowest BCUT2D eigenvalue weighted by Crippen LogP contribution is -2.34. The minimum absolute atomic E-state index is 0.0673. The van der Waals surface area contributed by atoms with Gasteiger partial charge in [0.25, 0.3) is 0 Å². The third-order valence-electron chi connectivity index (χ3n) is 13.2. The Labute approximate surface area is 372 Å². The van der Waals surface area contributed by atoms with Gasteiger partial charge in [0.15, 0.2) is 0 Å². The van der Waals surface area contributed by atoms with Gasteiger partial charge >= 0.3 is 0 Å². The first-order valence-electron chi connectivity index (χ1n) is 23.2. The first-order chi connectivity index (χ1) is 29.0. The molecule has 60 heavy (non-hydrogen) atoms. The van der Waals surface area contributed by atoms with Gasteiger partial charge in [-0.05, 0) is 169 Å². The van der Waals surface area contributed by atoms with E-state index >= 15 is 0 Å². The number of nitrogens with zero attached hydrogens (tertiary/aromatic N) is 2. The van der Waals surface area contributed by atoms with Crippen LogP contribution < -0.4 is 9.80 Å². The third-order valence-corrected chi connectivity index (χ3v) is 14.5. The number of hydrogen-bond acceptors (Lipinski definition) is 3. The smallest absolute Gasteiger partial charge is 0.0887 e. The van der Waals surface area contributed by atoms with E-state index in [9.17, 15) is 0 Å². The van der Waals surface area contributed by atoms with E-state index in [-0.39, 0.29) is 10.8 Å². The molecule has 1 aliphatic rings. The van der Waals surface area contributed by atoms with Gasteiger partial charge in [0.1, 0.15) is 0 Å². The average Bonchev–Trinajstić information content (AvgIpc) is 3.67. The number of halogens is 1. The number of rotatable bonds is 18. The number of aryl methyl sites for hydroxylation is 4. The molecule has 6 aromatic rings. The summed E-state index contributed by atoms with van der Waals surface area (Å²) in [6.07, 6.45) is 16.0. The predicted octanol–water partition coefficient (Wildman–Crippen LogP) is 18.2. The van der Waals surface area contributed by atoms with Crippen LogP contribution in [0.5, 0.6) is 0 Å². The Kier molecular flexibility index (Phi) is 14.2. The zero-order valence-electron chi connectivity index (χ0n) is 37.9. The van der Waals surface area contributed by atoms with Gasteiger partial charge in [0.05, 0.1) is 22.1 Å². The highest BCUT2D eigenvalue weighted by molar-refractivity contribution is 7.17. The second-order valence-corrected chi connectivity index (χ2v) is 20.1. The zero-order valence-corrected chi connectivity index (χ0v) is 39.5. The molecule has 1 heterocycles. The Morgan fingerprint density at radius 1 is 0.483 bits per heavy atom. The molecular weight excluding hydrogens is 768 g/mol. The molecule has 0 aliphatic heterocycles. The summed E-state index contributed by atoms with van der Waals surface area (Å²) in [5, 5.41) is 4.43. The molecule has 5 aromatic carbocycles. The number of thiophene rings is 1. The van der Waals surface area contributed by atoms with Crippen LogP contribution in [-0.4, -0.2) is 0 Å². The molecule has 0 atom stereocenters. The summed E-state index contributed by atoms with van der Waals surface area (Å²) in [5.74, 6) is 0. The number of unbranched alkanes of at least 4 members (excludes halogenated alkanes) is 4. The predicted molar refractivity (Wildman–Crippen MR) is 266 cm³/mol. The van der Waals surface area contributed by atoms with E-state index in [4.69, 9.17) is 11.6 Å². The second kappa shape index (κ2) is 19.3. The maximum absolute atomic E-state index is 8.09. The maximum atomic E-state index is 8.09. The molecule has 316 valence electrons. The van der Waals surface area contributed by atoms with Gasteiger partial charge in [-0.15, -0.1) is 11.3 Å². The molecule has 1 aromatic heterocycles. The van der Waals surface area contributed by atoms with Crippen molar-refractivity contribution >= 4 is 67.1 Å². The van der Waals surface area contributed by atoms with Crippen LogP contribution in [0.15, 0.2) is 102 Å². The van der Waals surface area contributed by atoms with E-state index < -0.39 is 0 Å². The molecule has 0 saturated heterocycles. The largest absolute Gasteiger partial charge is 0.309 e. The van der Waals surface area contributed by atoms with Crippen LogP contribution >= 0.6 is 22.9 Å². The molecule has 0 saturated carbocycles. The second-order valence-electron chi connectivity index (χ2n) is 18.8. The summed E-state index contributed by atoms with van der Waals surface area (Å²) in [5.41, 5.74) is 15.3. The molecule has 0 fully saturated rings. The van der Waals surface area contributed by atoms with Crippen molar-refractivity contribution in [1.29, 1.82) is 0 Å². The minimum Gasteiger partial charge on any atom is -0.309 e. The molecule has 2 nitrogen and oxygen atoms in total. The molecule has 0 spiro atoms. The number of anilines is 6. The molecule has 7 rings (SSSR count). The van der Waals surface area contributed by atoms with Gasteiger partial charge < -0.3 is 9.80 Å². The van der Waals surface area contributed by atoms with Crippen molar-refractivity contribution < 1.29 is 0 Å². The summed E-state index contributed by atoms with van der Waals surface area (Å²) < 4.78 is 1.31. The van der Waals surface area contributed by atoms with Gasteiger partial charge in [0.2, 0.25) is 0 Å². The van der Waals surface area contributed by atoms with E-state index in [1.165, 1.54) is 106 Å². The van der Waals surface area contributed by atoms with Gasteiger partial charge in [-0.25, -0.2) is 0 Å².